The van der Waals surface area contributed by atoms with Gasteiger partial charge in [0.05, 0.1) is 11.9 Å². The molecule has 1 heterocycles. The number of hydrogen-bond acceptors (Lipinski definition) is 6. The summed E-state index contributed by atoms with van der Waals surface area (Å²) in [6.45, 7) is 0. The number of thioether (sulfide) groups is 1. The summed E-state index contributed by atoms with van der Waals surface area (Å²) in [7, 11) is 0. The second-order valence-corrected chi connectivity index (χ2v) is 6.10. The number of benzene rings is 2. The van der Waals surface area contributed by atoms with E-state index in [2.05, 4.69) is 26.6 Å². The molecule has 3 rings (SSSR count). The van der Waals surface area contributed by atoms with Crippen molar-refractivity contribution in [1.82, 2.24) is 9.97 Å². The van der Waals surface area contributed by atoms with E-state index in [-0.39, 0.29) is 23.0 Å². The van der Waals surface area contributed by atoms with Gasteiger partial charge in [-0.1, -0.05) is 23.9 Å². The highest BCUT2D eigenvalue weighted by Gasteiger charge is 2.15. The van der Waals surface area contributed by atoms with Crippen LogP contribution in [0.3, 0.4) is 0 Å². The van der Waals surface area contributed by atoms with Crippen molar-refractivity contribution in [3.05, 3.63) is 71.3 Å². The van der Waals surface area contributed by atoms with Gasteiger partial charge in [-0.25, -0.2) is 18.7 Å². The van der Waals surface area contributed by atoms with Gasteiger partial charge in [-0.3, -0.25) is 5.43 Å². The highest BCUT2D eigenvalue weighted by molar-refractivity contribution is 7.98. The minimum Gasteiger partial charge on any atom is -0.260 e. The third-order valence-electron chi connectivity index (χ3n) is 3.55. The maximum absolute atomic E-state index is 13.2. The molecule has 0 radical (unpaired) electrons. The number of aromatic nitrogens is 2. The van der Waals surface area contributed by atoms with Gasteiger partial charge in [-0.15, -0.1) is 0 Å². The lowest BCUT2D eigenvalue weighted by molar-refractivity contribution is 0.627. The fourth-order valence-electron chi connectivity index (χ4n) is 2.25. The summed E-state index contributed by atoms with van der Waals surface area (Å²) in [5.41, 5.74) is 4.59. The summed E-state index contributed by atoms with van der Waals surface area (Å²) in [4.78, 5) is 8.65. The minimum absolute atomic E-state index is 0.190. The molecule has 1 N–H and O–H groups in total. The van der Waals surface area contributed by atoms with Gasteiger partial charge in [0.15, 0.2) is 11.0 Å². The molecule has 0 aliphatic heterocycles. The average molecular weight is 381 g/mol. The molecule has 134 valence electrons. The van der Waals surface area contributed by atoms with Crippen LogP contribution in [0.5, 0.6) is 0 Å². The Labute approximate surface area is 158 Å². The van der Waals surface area contributed by atoms with Crippen molar-refractivity contribution in [3.8, 4) is 17.3 Å². The second-order valence-electron chi connectivity index (χ2n) is 5.32. The lowest BCUT2D eigenvalue weighted by Gasteiger charge is -2.09. The zero-order valence-electron chi connectivity index (χ0n) is 14.1. The number of halogens is 2. The standard InChI is InChI=1S/C19H13F2N5S/c1-27-19-24-17(13-4-8-15(21)9-5-13)16(10-22)18(25-19)26-23-11-12-2-6-14(20)7-3-12/h2-9,11H,1H3,(H,24,25,26)/b23-11+. The minimum atomic E-state index is -0.376. The number of nitriles is 1. The van der Waals surface area contributed by atoms with Gasteiger partial charge in [0.25, 0.3) is 0 Å². The molecule has 0 aliphatic carbocycles. The van der Waals surface area contributed by atoms with Gasteiger partial charge in [0, 0.05) is 5.56 Å². The van der Waals surface area contributed by atoms with Crippen molar-refractivity contribution < 1.29 is 8.78 Å². The fraction of sp³-hybridized carbons (Fsp3) is 0.0526. The Hall–Kier alpha value is -3.31. The summed E-state index contributed by atoms with van der Waals surface area (Å²) in [5, 5.41) is 14.1. The Balaban J connectivity index is 1.96. The van der Waals surface area contributed by atoms with Crippen molar-refractivity contribution >= 4 is 23.8 Å². The van der Waals surface area contributed by atoms with Crippen LogP contribution in [0.1, 0.15) is 11.1 Å². The molecule has 0 saturated heterocycles. The first-order chi connectivity index (χ1) is 13.1. The molecule has 0 spiro atoms. The number of hydrazone groups is 1. The van der Waals surface area contributed by atoms with E-state index in [9.17, 15) is 14.0 Å². The van der Waals surface area contributed by atoms with Gasteiger partial charge >= 0.3 is 0 Å². The zero-order chi connectivity index (χ0) is 19.2. The van der Waals surface area contributed by atoms with Gasteiger partial charge in [0.2, 0.25) is 0 Å². The molecular formula is C19H13F2N5S. The topological polar surface area (TPSA) is 74.0 Å². The molecule has 5 nitrogen and oxygen atoms in total. The Morgan fingerprint density at radius 1 is 1.04 bits per heavy atom. The summed E-state index contributed by atoms with van der Waals surface area (Å²) in [6.07, 6.45) is 3.29. The first-order valence-electron chi connectivity index (χ1n) is 7.77. The van der Waals surface area contributed by atoms with Crippen molar-refractivity contribution in [3.63, 3.8) is 0 Å². The first-order valence-corrected chi connectivity index (χ1v) is 9.00. The third kappa shape index (κ3) is 4.46. The van der Waals surface area contributed by atoms with Gasteiger partial charge in [-0.2, -0.15) is 10.4 Å². The Morgan fingerprint density at radius 2 is 1.67 bits per heavy atom. The highest BCUT2D eigenvalue weighted by Crippen LogP contribution is 2.28. The summed E-state index contributed by atoms with van der Waals surface area (Å²) in [5.74, 6) is -0.482. The average Bonchev–Trinajstić information content (AvgIpc) is 2.69. The molecule has 2 aromatic carbocycles. The smallest absolute Gasteiger partial charge is 0.189 e. The monoisotopic (exact) mass is 381 g/mol. The molecular weight excluding hydrogens is 368 g/mol. The molecule has 0 amide bonds. The lowest BCUT2D eigenvalue weighted by atomic mass is 10.1. The molecule has 0 saturated carbocycles. The van der Waals surface area contributed by atoms with Crippen LogP contribution in [0.2, 0.25) is 0 Å². The molecule has 0 bridgehead atoms. The van der Waals surface area contributed by atoms with Crippen LogP contribution in [0.25, 0.3) is 11.3 Å². The van der Waals surface area contributed by atoms with Crippen LogP contribution in [-0.4, -0.2) is 22.4 Å². The van der Waals surface area contributed by atoms with Crippen molar-refractivity contribution in [2.24, 2.45) is 5.10 Å². The van der Waals surface area contributed by atoms with E-state index in [1.54, 1.807) is 30.5 Å². The van der Waals surface area contributed by atoms with Gasteiger partial charge in [-0.05, 0) is 48.2 Å². The van der Waals surface area contributed by atoms with Crippen molar-refractivity contribution in [2.75, 3.05) is 11.7 Å². The molecule has 0 atom stereocenters. The highest BCUT2D eigenvalue weighted by atomic mass is 32.2. The van der Waals surface area contributed by atoms with E-state index in [0.717, 1.165) is 0 Å². The molecule has 3 aromatic rings. The molecule has 0 aliphatic rings. The summed E-state index contributed by atoms with van der Waals surface area (Å²) < 4.78 is 26.2. The van der Waals surface area contributed by atoms with E-state index < -0.39 is 0 Å². The van der Waals surface area contributed by atoms with E-state index in [4.69, 9.17) is 0 Å². The van der Waals surface area contributed by atoms with E-state index >= 15 is 0 Å². The van der Waals surface area contributed by atoms with Crippen molar-refractivity contribution in [1.29, 1.82) is 5.26 Å². The number of anilines is 1. The maximum atomic E-state index is 13.2. The molecule has 27 heavy (non-hydrogen) atoms. The normalized spacial score (nSPS) is 10.7. The van der Waals surface area contributed by atoms with Crippen LogP contribution in [0.4, 0.5) is 14.6 Å². The van der Waals surface area contributed by atoms with E-state index in [1.807, 2.05) is 0 Å². The molecule has 0 unspecified atom stereocenters. The number of hydrogen-bond donors (Lipinski definition) is 1. The van der Waals surface area contributed by atoms with Crippen molar-refractivity contribution in [2.45, 2.75) is 5.16 Å². The maximum Gasteiger partial charge on any atom is 0.189 e. The number of nitrogens with one attached hydrogen (secondary N) is 1. The Bertz CT molecular complexity index is 1010. The van der Waals surface area contributed by atoms with E-state index in [0.29, 0.717) is 22.0 Å². The number of nitrogens with zero attached hydrogens (tertiary/aromatic N) is 4. The van der Waals surface area contributed by atoms with Crippen LogP contribution >= 0.6 is 11.8 Å². The van der Waals surface area contributed by atoms with Gasteiger partial charge in [0.1, 0.15) is 23.3 Å². The van der Waals surface area contributed by atoms with Crippen LogP contribution in [0, 0.1) is 23.0 Å². The summed E-state index contributed by atoms with van der Waals surface area (Å²) in [6, 6.07) is 13.6. The largest absolute Gasteiger partial charge is 0.260 e. The predicted octanol–water partition coefficient (Wildman–Crippen LogP) is 4.46. The summed E-state index contributed by atoms with van der Waals surface area (Å²) >= 11 is 1.31. The SMILES string of the molecule is CSc1nc(N/N=C/c2ccc(F)cc2)c(C#N)c(-c2ccc(F)cc2)n1. The lowest BCUT2D eigenvalue weighted by Crippen LogP contribution is -2.03. The van der Waals surface area contributed by atoms with Crippen LogP contribution in [-0.2, 0) is 0 Å². The van der Waals surface area contributed by atoms with Crippen LogP contribution < -0.4 is 5.43 Å². The predicted molar refractivity (Wildman–Crippen MR) is 102 cm³/mol. The number of rotatable bonds is 5. The Morgan fingerprint density at radius 3 is 2.26 bits per heavy atom. The van der Waals surface area contributed by atoms with Gasteiger partial charge < -0.3 is 0 Å². The second kappa shape index (κ2) is 8.38. The zero-order valence-corrected chi connectivity index (χ0v) is 15.0. The first kappa shape index (κ1) is 18.5. The fourth-order valence-corrected chi connectivity index (χ4v) is 2.62. The molecule has 8 heteroatoms. The third-order valence-corrected chi connectivity index (χ3v) is 4.10. The molecule has 0 fully saturated rings. The quantitative estimate of drug-likeness (QED) is 0.306. The Kier molecular flexibility index (Phi) is 5.74. The molecule has 1 aromatic heterocycles. The van der Waals surface area contributed by atoms with Crippen LogP contribution in [0.15, 0.2) is 58.8 Å². The van der Waals surface area contributed by atoms with E-state index in [1.165, 1.54) is 42.2 Å².